The molecule has 5 heteroatoms. The van der Waals surface area contributed by atoms with Crippen LogP contribution in [0.1, 0.15) is 15.9 Å². The molecule has 0 saturated carbocycles. The number of nitro benzene ring substituents is 1. The number of ketones is 1. The highest BCUT2D eigenvalue weighted by atomic mass is 19.1. The van der Waals surface area contributed by atoms with Gasteiger partial charge in [0.25, 0.3) is 5.69 Å². The monoisotopic (exact) mass is 245 g/mol. The lowest BCUT2D eigenvalue weighted by Gasteiger charge is -2.02. The minimum absolute atomic E-state index is 0.244. The number of nitro groups is 1. The first-order valence-corrected chi connectivity index (χ1v) is 5.13. The number of nitrogens with zero attached hydrogens (tertiary/aromatic N) is 1. The van der Waals surface area contributed by atoms with Gasteiger partial charge in [-0.25, -0.2) is 4.39 Å². The summed E-state index contributed by atoms with van der Waals surface area (Å²) in [5.74, 6) is -1.25. The Morgan fingerprint density at radius 2 is 1.78 bits per heavy atom. The van der Waals surface area contributed by atoms with E-state index in [1.54, 1.807) is 18.2 Å². The number of carbonyl (C=O) groups is 1. The van der Waals surface area contributed by atoms with Crippen LogP contribution < -0.4 is 0 Å². The van der Waals surface area contributed by atoms with Gasteiger partial charge in [-0.05, 0) is 12.1 Å². The van der Waals surface area contributed by atoms with E-state index in [0.717, 1.165) is 18.2 Å². The van der Waals surface area contributed by atoms with Gasteiger partial charge >= 0.3 is 0 Å². The Balaban J connectivity index is 2.54. The van der Waals surface area contributed by atoms with Crippen LogP contribution in [0.25, 0.3) is 0 Å². The Morgan fingerprint density at radius 1 is 1.11 bits per heavy atom. The van der Waals surface area contributed by atoms with Gasteiger partial charge in [0.05, 0.1) is 4.92 Å². The van der Waals surface area contributed by atoms with E-state index in [4.69, 9.17) is 0 Å². The first-order valence-electron chi connectivity index (χ1n) is 5.13. The summed E-state index contributed by atoms with van der Waals surface area (Å²) in [4.78, 5) is 22.2. The van der Waals surface area contributed by atoms with Crippen LogP contribution in [0.15, 0.2) is 48.5 Å². The third kappa shape index (κ3) is 2.24. The maximum atomic E-state index is 13.1. The Morgan fingerprint density at radius 3 is 2.39 bits per heavy atom. The average molecular weight is 245 g/mol. The molecule has 0 heterocycles. The highest BCUT2D eigenvalue weighted by molar-refractivity contribution is 6.11. The van der Waals surface area contributed by atoms with Crippen LogP contribution in [0, 0.1) is 15.9 Å². The zero-order valence-corrected chi connectivity index (χ0v) is 9.17. The molecule has 0 saturated heterocycles. The van der Waals surface area contributed by atoms with Crippen LogP contribution in [0.3, 0.4) is 0 Å². The fraction of sp³-hybridized carbons (Fsp3) is 0. The van der Waals surface area contributed by atoms with Crippen molar-refractivity contribution in [1.29, 1.82) is 0 Å². The molecule has 90 valence electrons. The molecule has 0 unspecified atom stereocenters. The fourth-order valence-corrected chi connectivity index (χ4v) is 1.59. The molecule has 18 heavy (non-hydrogen) atoms. The largest absolute Gasteiger partial charge is 0.288 e. The first kappa shape index (κ1) is 11.9. The molecule has 0 aliphatic carbocycles. The fourth-order valence-electron chi connectivity index (χ4n) is 1.59. The van der Waals surface area contributed by atoms with Crippen molar-refractivity contribution in [3.05, 3.63) is 75.6 Å². The second kappa shape index (κ2) is 4.75. The van der Waals surface area contributed by atoms with Gasteiger partial charge in [-0.2, -0.15) is 0 Å². The third-order valence-electron chi connectivity index (χ3n) is 2.44. The molecule has 2 aromatic carbocycles. The van der Waals surface area contributed by atoms with Crippen molar-refractivity contribution < 1.29 is 14.1 Å². The normalized spacial score (nSPS) is 10.1. The van der Waals surface area contributed by atoms with Crippen molar-refractivity contribution in [2.24, 2.45) is 0 Å². The molecule has 0 amide bonds. The molecular formula is C13H8FNO3. The van der Waals surface area contributed by atoms with Crippen LogP contribution in [0.4, 0.5) is 10.1 Å². The van der Waals surface area contributed by atoms with E-state index >= 15 is 0 Å². The van der Waals surface area contributed by atoms with E-state index in [0.29, 0.717) is 0 Å². The molecule has 0 aromatic heterocycles. The Hall–Kier alpha value is -2.56. The van der Waals surface area contributed by atoms with Crippen molar-refractivity contribution in [2.45, 2.75) is 0 Å². The van der Waals surface area contributed by atoms with Gasteiger partial charge in [-0.3, -0.25) is 14.9 Å². The molecule has 0 aliphatic heterocycles. The number of hydrogen-bond acceptors (Lipinski definition) is 3. The first-order chi connectivity index (χ1) is 8.59. The van der Waals surface area contributed by atoms with Gasteiger partial charge in [0, 0.05) is 11.6 Å². The summed E-state index contributed by atoms with van der Waals surface area (Å²) >= 11 is 0. The molecule has 2 rings (SSSR count). The Bertz CT molecular complexity index is 611. The van der Waals surface area contributed by atoms with Crippen LogP contribution >= 0.6 is 0 Å². The number of rotatable bonds is 3. The van der Waals surface area contributed by atoms with Crippen molar-refractivity contribution in [3.63, 3.8) is 0 Å². The van der Waals surface area contributed by atoms with Gasteiger partial charge in [-0.15, -0.1) is 0 Å². The van der Waals surface area contributed by atoms with E-state index < -0.39 is 22.2 Å². The van der Waals surface area contributed by atoms with Crippen molar-refractivity contribution >= 4 is 11.5 Å². The quantitative estimate of drug-likeness (QED) is 0.474. The molecule has 0 atom stereocenters. The average Bonchev–Trinajstić information content (AvgIpc) is 2.38. The van der Waals surface area contributed by atoms with E-state index in [1.165, 1.54) is 12.1 Å². The summed E-state index contributed by atoms with van der Waals surface area (Å²) in [5.41, 5.74) is -0.359. The molecule has 0 radical (unpaired) electrons. The smallest absolute Gasteiger partial charge is 0.280 e. The van der Waals surface area contributed by atoms with E-state index in [2.05, 4.69) is 0 Å². The number of carbonyl (C=O) groups excluding carboxylic acids is 1. The number of benzene rings is 2. The zero-order chi connectivity index (χ0) is 13.1. The lowest BCUT2D eigenvalue weighted by Crippen LogP contribution is -2.05. The van der Waals surface area contributed by atoms with E-state index in [-0.39, 0.29) is 11.1 Å². The Kier molecular flexibility index (Phi) is 3.14. The van der Waals surface area contributed by atoms with Gasteiger partial charge < -0.3 is 0 Å². The summed E-state index contributed by atoms with van der Waals surface area (Å²) in [6.45, 7) is 0. The molecule has 2 aromatic rings. The van der Waals surface area contributed by atoms with Gasteiger partial charge in [-0.1, -0.05) is 30.3 Å². The van der Waals surface area contributed by atoms with Crippen molar-refractivity contribution in [1.82, 2.24) is 0 Å². The van der Waals surface area contributed by atoms with Gasteiger partial charge in [0.1, 0.15) is 11.4 Å². The zero-order valence-electron chi connectivity index (χ0n) is 9.17. The molecule has 0 aliphatic rings. The highest BCUT2D eigenvalue weighted by Crippen LogP contribution is 2.22. The summed E-state index contributed by atoms with van der Waals surface area (Å²) in [7, 11) is 0. The third-order valence-corrected chi connectivity index (χ3v) is 2.44. The lowest BCUT2D eigenvalue weighted by molar-refractivity contribution is -0.385. The molecule has 0 spiro atoms. The molecule has 4 nitrogen and oxygen atoms in total. The molecule has 0 fully saturated rings. The number of hydrogen-bond donors (Lipinski definition) is 0. The topological polar surface area (TPSA) is 60.2 Å². The van der Waals surface area contributed by atoms with Crippen molar-refractivity contribution in [3.8, 4) is 0 Å². The molecular weight excluding hydrogens is 237 g/mol. The lowest BCUT2D eigenvalue weighted by atomic mass is 10.0. The van der Waals surface area contributed by atoms with Crippen LogP contribution in [0.2, 0.25) is 0 Å². The van der Waals surface area contributed by atoms with E-state index in [1.807, 2.05) is 0 Å². The summed E-state index contributed by atoms with van der Waals surface area (Å²) < 4.78 is 13.1. The summed E-state index contributed by atoms with van der Waals surface area (Å²) in [6, 6.07) is 10.9. The minimum atomic E-state index is -0.699. The molecule has 0 N–H and O–H groups in total. The standard InChI is InChI=1S/C13H8FNO3/c14-10-6-7-12(15(17)18)11(8-10)13(16)9-4-2-1-3-5-9/h1-8H. The van der Waals surface area contributed by atoms with Gasteiger partial charge in [0.2, 0.25) is 0 Å². The Labute approximate surface area is 102 Å². The van der Waals surface area contributed by atoms with Crippen LogP contribution in [-0.4, -0.2) is 10.7 Å². The van der Waals surface area contributed by atoms with E-state index in [9.17, 15) is 19.3 Å². The van der Waals surface area contributed by atoms with Crippen molar-refractivity contribution in [2.75, 3.05) is 0 Å². The minimum Gasteiger partial charge on any atom is -0.288 e. The second-order valence-electron chi connectivity index (χ2n) is 3.61. The summed E-state index contributed by atoms with van der Waals surface area (Å²) in [5, 5.41) is 10.8. The second-order valence-corrected chi connectivity index (χ2v) is 3.61. The van der Waals surface area contributed by atoms with Gasteiger partial charge in [0.15, 0.2) is 5.78 Å². The predicted octanol–water partition coefficient (Wildman–Crippen LogP) is 2.96. The number of halogens is 1. The summed E-state index contributed by atoms with van der Waals surface area (Å²) in [6.07, 6.45) is 0. The maximum absolute atomic E-state index is 13.1. The van der Waals surface area contributed by atoms with Crippen LogP contribution in [-0.2, 0) is 0 Å². The SMILES string of the molecule is O=C(c1ccccc1)c1cc(F)ccc1[N+](=O)[O-]. The predicted molar refractivity (Wildman–Crippen MR) is 62.9 cm³/mol. The van der Waals surface area contributed by atoms with Crippen LogP contribution in [0.5, 0.6) is 0 Å². The molecule has 0 bridgehead atoms. The maximum Gasteiger partial charge on any atom is 0.280 e. The highest BCUT2D eigenvalue weighted by Gasteiger charge is 2.21.